The lowest BCUT2D eigenvalue weighted by atomic mass is 10.1. The number of carboxylic acid groups (broad SMARTS) is 1. The Balaban J connectivity index is 2.08. The van der Waals surface area contributed by atoms with E-state index in [1.165, 1.54) is 24.3 Å². The number of hydrogen-bond donors (Lipinski definition) is 2. The van der Waals surface area contributed by atoms with Crippen molar-refractivity contribution >= 4 is 17.7 Å². The number of urea groups is 1. The van der Waals surface area contributed by atoms with Gasteiger partial charge in [-0.1, -0.05) is 12.1 Å². The number of anilines is 1. The third-order valence-electron chi connectivity index (χ3n) is 2.86. The Kier molecular flexibility index (Phi) is 4.45. The molecule has 1 aromatic heterocycles. The highest BCUT2D eigenvalue weighted by molar-refractivity contribution is 6.01. The summed E-state index contributed by atoms with van der Waals surface area (Å²) in [5.41, 5.74) is 1.06. The zero-order valence-electron chi connectivity index (χ0n) is 11.4. The number of carbonyl (C=O) groups is 2. The SMILES string of the molecule is CN(C(=O)NCc1ccncn1)c1ccccc1C(=O)O. The van der Waals surface area contributed by atoms with Crippen LogP contribution in [0.15, 0.2) is 42.9 Å². The lowest BCUT2D eigenvalue weighted by molar-refractivity contribution is 0.0697. The number of aromatic carboxylic acids is 1. The van der Waals surface area contributed by atoms with Crippen molar-refractivity contribution in [3.63, 3.8) is 0 Å². The summed E-state index contributed by atoms with van der Waals surface area (Å²) in [7, 11) is 1.51. The topological polar surface area (TPSA) is 95.4 Å². The molecule has 108 valence electrons. The lowest BCUT2D eigenvalue weighted by Crippen LogP contribution is -2.37. The van der Waals surface area contributed by atoms with Crippen LogP contribution in [0, 0.1) is 0 Å². The molecular formula is C14H14N4O3. The van der Waals surface area contributed by atoms with Crippen LogP contribution in [0.1, 0.15) is 16.1 Å². The van der Waals surface area contributed by atoms with Gasteiger partial charge in [-0.15, -0.1) is 0 Å². The van der Waals surface area contributed by atoms with Crippen LogP contribution in [0.2, 0.25) is 0 Å². The predicted molar refractivity (Wildman–Crippen MR) is 76.1 cm³/mol. The number of rotatable bonds is 4. The summed E-state index contributed by atoms with van der Waals surface area (Å²) < 4.78 is 0. The van der Waals surface area contributed by atoms with E-state index < -0.39 is 12.0 Å². The summed E-state index contributed by atoms with van der Waals surface area (Å²) in [5, 5.41) is 11.8. The quantitative estimate of drug-likeness (QED) is 0.888. The maximum Gasteiger partial charge on any atom is 0.337 e. The van der Waals surface area contributed by atoms with Crippen molar-refractivity contribution in [1.29, 1.82) is 0 Å². The van der Waals surface area contributed by atoms with Gasteiger partial charge in [0.2, 0.25) is 0 Å². The Morgan fingerprint density at radius 2 is 2.05 bits per heavy atom. The summed E-state index contributed by atoms with van der Waals surface area (Å²) in [6, 6.07) is 7.59. The Hall–Kier alpha value is -2.96. The predicted octanol–water partition coefficient (Wildman–Crippen LogP) is 1.52. The number of carboxylic acids is 1. The zero-order valence-corrected chi connectivity index (χ0v) is 11.4. The van der Waals surface area contributed by atoms with E-state index in [2.05, 4.69) is 15.3 Å². The van der Waals surface area contributed by atoms with Crippen molar-refractivity contribution in [2.24, 2.45) is 0 Å². The van der Waals surface area contributed by atoms with Gasteiger partial charge >= 0.3 is 12.0 Å². The van der Waals surface area contributed by atoms with Crippen molar-refractivity contribution in [1.82, 2.24) is 15.3 Å². The Morgan fingerprint density at radius 1 is 1.29 bits per heavy atom. The van der Waals surface area contributed by atoms with Gasteiger partial charge < -0.3 is 10.4 Å². The molecule has 1 aromatic carbocycles. The molecule has 21 heavy (non-hydrogen) atoms. The first-order valence-corrected chi connectivity index (χ1v) is 6.18. The molecule has 2 N–H and O–H groups in total. The molecule has 0 unspecified atom stereocenters. The molecule has 0 aliphatic heterocycles. The van der Waals surface area contributed by atoms with Gasteiger partial charge in [-0.25, -0.2) is 19.6 Å². The van der Waals surface area contributed by atoms with Crippen molar-refractivity contribution in [3.05, 3.63) is 54.1 Å². The number of amides is 2. The van der Waals surface area contributed by atoms with E-state index in [1.807, 2.05) is 0 Å². The molecule has 2 rings (SSSR count). The van der Waals surface area contributed by atoms with E-state index in [4.69, 9.17) is 5.11 Å². The average molecular weight is 286 g/mol. The van der Waals surface area contributed by atoms with Gasteiger partial charge in [0.1, 0.15) is 6.33 Å². The van der Waals surface area contributed by atoms with Crippen LogP contribution >= 0.6 is 0 Å². The number of nitrogens with one attached hydrogen (secondary N) is 1. The van der Waals surface area contributed by atoms with Gasteiger partial charge in [-0.3, -0.25) is 4.90 Å². The van der Waals surface area contributed by atoms with Gasteiger partial charge in [0, 0.05) is 13.2 Å². The third-order valence-corrected chi connectivity index (χ3v) is 2.86. The van der Waals surface area contributed by atoms with Crippen LogP contribution in [0.25, 0.3) is 0 Å². The number of hydrogen-bond acceptors (Lipinski definition) is 4. The van der Waals surface area contributed by atoms with E-state index in [-0.39, 0.29) is 12.1 Å². The smallest absolute Gasteiger partial charge is 0.337 e. The standard InChI is InChI=1S/C14H14N4O3/c1-18(12-5-3-2-4-11(12)13(19)20)14(21)16-8-10-6-7-15-9-17-10/h2-7,9H,8H2,1H3,(H,16,21)(H,19,20). The van der Waals surface area contributed by atoms with Crippen molar-refractivity contribution in [3.8, 4) is 0 Å². The first-order chi connectivity index (χ1) is 10.1. The third kappa shape index (κ3) is 3.53. The van der Waals surface area contributed by atoms with E-state index in [0.717, 1.165) is 0 Å². The molecule has 0 aliphatic rings. The molecule has 0 saturated heterocycles. The second-order valence-corrected chi connectivity index (χ2v) is 4.24. The molecule has 0 fully saturated rings. The number of nitrogens with zero attached hydrogens (tertiary/aromatic N) is 3. The van der Waals surface area contributed by atoms with Gasteiger partial charge in [0.25, 0.3) is 0 Å². The maximum atomic E-state index is 12.1. The Morgan fingerprint density at radius 3 is 2.71 bits per heavy atom. The summed E-state index contributed by atoms with van der Waals surface area (Å²) >= 11 is 0. The summed E-state index contributed by atoms with van der Waals surface area (Å²) in [5.74, 6) is -1.08. The summed E-state index contributed by atoms with van der Waals surface area (Å²) in [6.07, 6.45) is 2.98. The monoisotopic (exact) mass is 286 g/mol. The van der Waals surface area contributed by atoms with Crippen LogP contribution < -0.4 is 10.2 Å². The van der Waals surface area contributed by atoms with Gasteiger partial charge in [-0.05, 0) is 18.2 Å². The van der Waals surface area contributed by atoms with Gasteiger partial charge in [0.05, 0.1) is 23.5 Å². The molecular weight excluding hydrogens is 272 g/mol. The number of para-hydroxylation sites is 1. The minimum absolute atomic E-state index is 0.0668. The molecule has 0 saturated carbocycles. The van der Waals surface area contributed by atoms with E-state index in [9.17, 15) is 9.59 Å². The molecule has 0 radical (unpaired) electrons. The molecule has 7 nitrogen and oxygen atoms in total. The molecule has 0 atom stereocenters. The van der Waals surface area contributed by atoms with E-state index in [1.54, 1.807) is 30.5 Å². The molecule has 0 bridgehead atoms. The van der Waals surface area contributed by atoms with Gasteiger partial charge in [-0.2, -0.15) is 0 Å². The first kappa shape index (κ1) is 14.4. The summed E-state index contributed by atoms with van der Waals surface area (Å²) in [4.78, 5) is 32.3. The molecule has 2 aromatic rings. The lowest BCUT2D eigenvalue weighted by Gasteiger charge is -2.19. The van der Waals surface area contributed by atoms with E-state index >= 15 is 0 Å². The molecule has 1 heterocycles. The Labute approximate surface area is 121 Å². The highest BCUT2D eigenvalue weighted by Crippen LogP contribution is 2.19. The van der Waals surface area contributed by atoms with Crippen LogP contribution in [0.3, 0.4) is 0 Å². The second kappa shape index (κ2) is 6.47. The molecule has 2 amide bonds. The second-order valence-electron chi connectivity index (χ2n) is 4.24. The highest BCUT2D eigenvalue weighted by Gasteiger charge is 2.17. The van der Waals surface area contributed by atoms with Crippen molar-refractivity contribution in [2.75, 3.05) is 11.9 Å². The highest BCUT2D eigenvalue weighted by atomic mass is 16.4. The number of carbonyl (C=O) groups excluding carboxylic acids is 1. The minimum atomic E-state index is -1.08. The molecule has 0 spiro atoms. The number of aromatic nitrogens is 2. The largest absolute Gasteiger partial charge is 0.478 e. The average Bonchev–Trinajstić information content (AvgIpc) is 2.52. The fraction of sp³-hybridized carbons (Fsp3) is 0.143. The summed E-state index contributed by atoms with van der Waals surface area (Å²) in [6.45, 7) is 0.237. The van der Waals surface area contributed by atoms with E-state index in [0.29, 0.717) is 11.4 Å². The van der Waals surface area contributed by atoms with Crippen LogP contribution in [-0.4, -0.2) is 34.1 Å². The normalized spacial score (nSPS) is 9.95. The molecule has 0 aliphatic carbocycles. The Bertz CT molecular complexity index is 646. The van der Waals surface area contributed by atoms with Crippen molar-refractivity contribution < 1.29 is 14.7 Å². The number of benzene rings is 1. The van der Waals surface area contributed by atoms with Crippen LogP contribution in [0.4, 0.5) is 10.5 Å². The van der Waals surface area contributed by atoms with Crippen LogP contribution in [0.5, 0.6) is 0 Å². The zero-order chi connectivity index (χ0) is 15.2. The first-order valence-electron chi connectivity index (χ1n) is 6.18. The fourth-order valence-corrected chi connectivity index (χ4v) is 1.76. The maximum absolute atomic E-state index is 12.1. The van der Waals surface area contributed by atoms with Crippen molar-refractivity contribution in [2.45, 2.75) is 6.54 Å². The van der Waals surface area contributed by atoms with Gasteiger partial charge in [0.15, 0.2) is 0 Å². The van der Waals surface area contributed by atoms with Crippen LogP contribution in [-0.2, 0) is 6.54 Å². The fourth-order valence-electron chi connectivity index (χ4n) is 1.76. The molecule has 7 heteroatoms. The minimum Gasteiger partial charge on any atom is -0.478 e.